The Balaban J connectivity index is 1.87. The molecule has 1 atom stereocenters. The van der Waals surface area contributed by atoms with Crippen LogP contribution in [0.5, 0.6) is 5.75 Å². The quantitative estimate of drug-likeness (QED) is 0.728. The molecule has 1 aliphatic rings. The van der Waals surface area contributed by atoms with Gasteiger partial charge in [0, 0.05) is 18.9 Å². The number of fused-ring (bicyclic) bond motifs is 1. The number of hydrogen-bond acceptors (Lipinski definition) is 7. The number of rotatable bonds is 4. The summed E-state index contributed by atoms with van der Waals surface area (Å²) >= 11 is 0. The third kappa shape index (κ3) is 2.24. The molecule has 0 radical (unpaired) electrons. The van der Waals surface area contributed by atoms with Gasteiger partial charge in [0.05, 0.1) is 37.6 Å². The second-order valence-corrected chi connectivity index (χ2v) is 5.63. The molecule has 0 bridgehead atoms. The third-order valence-electron chi connectivity index (χ3n) is 4.37. The zero-order valence-electron chi connectivity index (χ0n) is 13.5. The van der Waals surface area contributed by atoms with Gasteiger partial charge >= 0.3 is 0 Å². The van der Waals surface area contributed by atoms with E-state index in [1.54, 1.807) is 20.4 Å². The van der Waals surface area contributed by atoms with E-state index in [-0.39, 0.29) is 0 Å². The van der Waals surface area contributed by atoms with Crippen LogP contribution in [-0.2, 0) is 15.1 Å². The molecule has 4 rings (SSSR count). The predicted octanol–water partition coefficient (Wildman–Crippen LogP) is 2.56. The van der Waals surface area contributed by atoms with Crippen molar-refractivity contribution in [2.45, 2.75) is 12.0 Å². The summed E-state index contributed by atoms with van der Waals surface area (Å²) in [5.41, 5.74) is 0.882. The van der Waals surface area contributed by atoms with Gasteiger partial charge in [0.25, 0.3) is 11.8 Å². The lowest BCUT2D eigenvalue weighted by Crippen LogP contribution is -2.29. The third-order valence-corrected chi connectivity index (χ3v) is 4.37. The molecule has 0 spiro atoms. The summed E-state index contributed by atoms with van der Waals surface area (Å²) in [5.74, 6) is 1.38. The molecule has 1 fully saturated rings. The highest BCUT2D eigenvalue weighted by molar-refractivity contribution is 5.95. The van der Waals surface area contributed by atoms with Crippen LogP contribution in [0, 0.1) is 0 Å². The van der Waals surface area contributed by atoms with E-state index in [9.17, 15) is 0 Å². The molecular formula is C17H17N3O4. The van der Waals surface area contributed by atoms with Gasteiger partial charge in [-0.2, -0.15) is 0 Å². The number of hydrogen-bond donors (Lipinski definition) is 0. The van der Waals surface area contributed by atoms with Gasteiger partial charge in [-0.25, -0.2) is 0 Å². The van der Waals surface area contributed by atoms with E-state index >= 15 is 0 Å². The van der Waals surface area contributed by atoms with Gasteiger partial charge in [0.15, 0.2) is 11.4 Å². The Morgan fingerprint density at radius 3 is 2.79 bits per heavy atom. The Kier molecular flexibility index (Phi) is 3.66. The van der Waals surface area contributed by atoms with Crippen LogP contribution in [0.25, 0.3) is 22.4 Å². The highest BCUT2D eigenvalue weighted by Crippen LogP contribution is 2.38. The van der Waals surface area contributed by atoms with Crippen molar-refractivity contribution in [3.8, 4) is 17.2 Å². The standard InChI is InChI=1S/C17H17N3O4/c1-21-13-9-18-12-6-4-3-5-11(12)14(13)15-19-20-16(24-15)17(22-2)7-8-23-10-17/h3-6,9H,7-8,10H2,1-2H3. The first-order valence-electron chi connectivity index (χ1n) is 7.66. The number of benzene rings is 1. The lowest BCUT2D eigenvalue weighted by molar-refractivity contribution is -0.0407. The number of pyridine rings is 1. The van der Waals surface area contributed by atoms with Crippen molar-refractivity contribution in [2.24, 2.45) is 0 Å². The van der Waals surface area contributed by atoms with E-state index in [0.717, 1.165) is 16.5 Å². The molecule has 124 valence electrons. The fourth-order valence-electron chi connectivity index (χ4n) is 2.97. The van der Waals surface area contributed by atoms with E-state index in [1.807, 2.05) is 24.3 Å². The first-order chi connectivity index (χ1) is 11.8. The van der Waals surface area contributed by atoms with Gasteiger partial charge in [0.1, 0.15) is 0 Å². The molecule has 24 heavy (non-hydrogen) atoms. The Morgan fingerprint density at radius 2 is 2.04 bits per heavy atom. The predicted molar refractivity (Wildman–Crippen MR) is 85.7 cm³/mol. The fourth-order valence-corrected chi connectivity index (χ4v) is 2.97. The Labute approximate surface area is 138 Å². The van der Waals surface area contributed by atoms with Gasteiger partial charge in [-0.05, 0) is 6.07 Å². The Morgan fingerprint density at radius 1 is 1.17 bits per heavy atom. The summed E-state index contributed by atoms with van der Waals surface area (Å²) in [6.45, 7) is 1.01. The number of nitrogens with zero attached hydrogens (tertiary/aromatic N) is 3. The zero-order chi connectivity index (χ0) is 16.6. The Bertz CT molecular complexity index is 871. The second kappa shape index (κ2) is 5.85. The van der Waals surface area contributed by atoms with E-state index in [4.69, 9.17) is 18.6 Å². The normalized spacial score (nSPS) is 20.6. The van der Waals surface area contributed by atoms with Gasteiger partial charge < -0.3 is 18.6 Å². The first kappa shape index (κ1) is 15.0. The molecule has 0 saturated carbocycles. The average Bonchev–Trinajstić information content (AvgIpc) is 3.30. The zero-order valence-corrected chi connectivity index (χ0v) is 13.5. The van der Waals surface area contributed by atoms with Crippen molar-refractivity contribution in [2.75, 3.05) is 27.4 Å². The molecule has 7 heteroatoms. The lowest BCUT2D eigenvalue weighted by Gasteiger charge is -2.20. The molecule has 3 aromatic rings. The monoisotopic (exact) mass is 327 g/mol. The fraction of sp³-hybridized carbons (Fsp3) is 0.353. The maximum atomic E-state index is 5.96. The highest BCUT2D eigenvalue weighted by atomic mass is 16.6. The largest absolute Gasteiger partial charge is 0.494 e. The Hall–Kier alpha value is -2.51. The van der Waals surface area contributed by atoms with Crippen molar-refractivity contribution in [1.82, 2.24) is 15.2 Å². The van der Waals surface area contributed by atoms with Gasteiger partial charge in [-0.1, -0.05) is 18.2 Å². The van der Waals surface area contributed by atoms with Crippen molar-refractivity contribution >= 4 is 10.9 Å². The molecule has 0 aliphatic carbocycles. The minimum absolute atomic E-state index is 0.378. The van der Waals surface area contributed by atoms with E-state index in [2.05, 4.69) is 15.2 Å². The topological polar surface area (TPSA) is 79.5 Å². The summed E-state index contributed by atoms with van der Waals surface area (Å²) in [6, 6.07) is 7.75. The lowest BCUT2D eigenvalue weighted by atomic mass is 10.0. The summed E-state index contributed by atoms with van der Waals surface area (Å²) in [4.78, 5) is 4.39. The molecule has 1 aromatic carbocycles. The molecule has 7 nitrogen and oxygen atoms in total. The van der Waals surface area contributed by atoms with Crippen LogP contribution in [0.15, 0.2) is 34.9 Å². The van der Waals surface area contributed by atoms with Crippen LogP contribution in [0.3, 0.4) is 0 Å². The number of methoxy groups -OCH3 is 2. The van der Waals surface area contributed by atoms with Crippen LogP contribution in [0.2, 0.25) is 0 Å². The first-order valence-corrected chi connectivity index (χ1v) is 7.66. The number of ether oxygens (including phenoxy) is 3. The maximum Gasteiger partial charge on any atom is 0.252 e. The number of aromatic nitrogens is 3. The van der Waals surface area contributed by atoms with E-state index in [1.165, 1.54) is 0 Å². The SMILES string of the molecule is COc1cnc2ccccc2c1-c1nnc(C2(OC)CCOC2)o1. The molecule has 3 heterocycles. The molecule has 0 amide bonds. The van der Waals surface area contributed by atoms with Crippen LogP contribution >= 0.6 is 0 Å². The van der Waals surface area contributed by atoms with Gasteiger partial charge in [0.2, 0.25) is 0 Å². The van der Waals surface area contributed by atoms with E-state index < -0.39 is 5.60 Å². The van der Waals surface area contributed by atoms with Crippen LogP contribution in [-0.4, -0.2) is 42.6 Å². The molecule has 0 N–H and O–H groups in total. The molecular weight excluding hydrogens is 310 g/mol. The summed E-state index contributed by atoms with van der Waals surface area (Å²) in [7, 11) is 3.22. The van der Waals surface area contributed by atoms with Gasteiger partial charge in [-0.15, -0.1) is 10.2 Å². The van der Waals surface area contributed by atoms with Crippen molar-refractivity contribution in [3.05, 3.63) is 36.4 Å². The minimum atomic E-state index is -0.679. The van der Waals surface area contributed by atoms with Crippen LogP contribution in [0.1, 0.15) is 12.3 Å². The maximum absolute atomic E-state index is 5.96. The molecule has 1 unspecified atom stereocenters. The smallest absolute Gasteiger partial charge is 0.252 e. The van der Waals surface area contributed by atoms with Crippen molar-refractivity contribution < 1.29 is 18.6 Å². The van der Waals surface area contributed by atoms with Crippen LogP contribution < -0.4 is 4.74 Å². The summed E-state index contributed by atoms with van der Waals surface area (Å²) in [6.07, 6.45) is 2.34. The molecule has 2 aromatic heterocycles. The van der Waals surface area contributed by atoms with Crippen molar-refractivity contribution in [1.29, 1.82) is 0 Å². The molecule has 1 saturated heterocycles. The average molecular weight is 327 g/mol. The van der Waals surface area contributed by atoms with Crippen molar-refractivity contribution in [3.63, 3.8) is 0 Å². The van der Waals surface area contributed by atoms with Gasteiger partial charge in [-0.3, -0.25) is 4.98 Å². The van der Waals surface area contributed by atoms with Crippen LogP contribution in [0.4, 0.5) is 0 Å². The molecule has 1 aliphatic heterocycles. The minimum Gasteiger partial charge on any atom is -0.494 e. The van der Waals surface area contributed by atoms with E-state index in [0.29, 0.717) is 37.2 Å². The highest BCUT2D eigenvalue weighted by Gasteiger charge is 2.42. The second-order valence-electron chi connectivity index (χ2n) is 5.63. The number of para-hydroxylation sites is 1. The summed E-state index contributed by atoms with van der Waals surface area (Å²) in [5, 5.41) is 9.31. The summed E-state index contributed by atoms with van der Waals surface area (Å²) < 4.78 is 22.5.